The highest BCUT2D eigenvalue weighted by Crippen LogP contribution is 2.36. The molecule has 0 saturated carbocycles. The molecular formula is C24H24N8O. The third-order valence-corrected chi connectivity index (χ3v) is 5.85. The van der Waals surface area contributed by atoms with Gasteiger partial charge < -0.3 is 19.5 Å². The Morgan fingerprint density at radius 2 is 2.00 bits per heavy atom. The van der Waals surface area contributed by atoms with Gasteiger partial charge in [0.05, 0.1) is 24.3 Å². The van der Waals surface area contributed by atoms with Crippen LogP contribution in [0.25, 0.3) is 22.3 Å². The van der Waals surface area contributed by atoms with E-state index in [1.165, 1.54) is 0 Å². The molecule has 0 bridgehead atoms. The molecule has 0 amide bonds. The Hall–Kier alpha value is -4.19. The predicted octanol–water partition coefficient (Wildman–Crippen LogP) is 3.84. The Balaban J connectivity index is 1.49. The van der Waals surface area contributed by atoms with E-state index >= 15 is 0 Å². The summed E-state index contributed by atoms with van der Waals surface area (Å²) in [6.45, 7) is 5.17. The molecule has 4 aromatic rings. The number of benzene rings is 1. The number of ether oxygens (including phenoxy) is 1. The number of rotatable bonds is 5. The van der Waals surface area contributed by atoms with Gasteiger partial charge in [-0.15, -0.1) is 0 Å². The van der Waals surface area contributed by atoms with Gasteiger partial charge in [0.25, 0.3) is 0 Å². The highest BCUT2D eigenvalue weighted by molar-refractivity contribution is 5.90. The number of fused-ring (bicyclic) bond motifs is 1. The minimum absolute atomic E-state index is 0.353. The van der Waals surface area contributed by atoms with Gasteiger partial charge in [-0.25, -0.2) is 19.9 Å². The zero-order valence-electron chi connectivity index (χ0n) is 19.0. The van der Waals surface area contributed by atoms with E-state index in [-0.39, 0.29) is 5.41 Å². The van der Waals surface area contributed by atoms with E-state index in [1.807, 2.05) is 55.9 Å². The van der Waals surface area contributed by atoms with E-state index in [1.54, 1.807) is 19.5 Å². The molecule has 1 aliphatic rings. The van der Waals surface area contributed by atoms with Crippen LogP contribution in [0.4, 0.5) is 17.5 Å². The van der Waals surface area contributed by atoms with Crippen molar-refractivity contribution in [3.05, 3.63) is 48.5 Å². The first kappa shape index (κ1) is 20.7. The number of pyridine rings is 1. The topological polar surface area (TPSA) is 105 Å². The van der Waals surface area contributed by atoms with Crippen LogP contribution in [0, 0.1) is 23.7 Å². The predicted molar refractivity (Wildman–Crippen MR) is 126 cm³/mol. The Morgan fingerprint density at radius 3 is 2.70 bits per heavy atom. The number of anilines is 3. The van der Waals surface area contributed by atoms with E-state index < -0.39 is 0 Å². The van der Waals surface area contributed by atoms with Crippen molar-refractivity contribution in [2.45, 2.75) is 13.8 Å². The molecule has 3 aromatic heterocycles. The van der Waals surface area contributed by atoms with Crippen molar-refractivity contribution in [3.63, 3.8) is 0 Å². The van der Waals surface area contributed by atoms with Crippen LogP contribution in [-0.4, -0.2) is 44.7 Å². The second-order valence-electron chi connectivity index (χ2n) is 8.65. The van der Waals surface area contributed by atoms with Gasteiger partial charge in [-0.2, -0.15) is 5.26 Å². The maximum absolute atomic E-state index is 9.38. The van der Waals surface area contributed by atoms with Gasteiger partial charge in [-0.3, -0.25) is 0 Å². The van der Waals surface area contributed by atoms with Crippen molar-refractivity contribution in [3.8, 4) is 23.2 Å². The minimum Gasteiger partial charge on any atom is -0.495 e. The van der Waals surface area contributed by atoms with Crippen LogP contribution in [0.1, 0.15) is 12.6 Å². The molecule has 1 N–H and O–H groups in total. The second-order valence-corrected chi connectivity index (χ2v) is 8.65. The molecule has 9 heteroatoms. The zero-order chi connectivity index (χ0) is 23.2. The van der Waals surface area contributed by atoms with Crippen LogP contribution >= 0.6 is 0 Å². The summed E-state index contributed by atoms with van der Waals surface area (Å²) in [4.78, 5) is 20.5. The monoisotopic (exact) mass is 440 g/mol. The summed E-state index contributed by atoms with van der Waals surface area (Å²) in [5, 5.41) is 13.6. The lowest BCUT2D eigenvalue weighted by molar-refractivity contribution is 0.335. The SMILES string of the molecule is COc1cc(-c2nccn2C)ccc1Nc1ncc2cc(C)nc(N3CC(C)(C#N)C3)c2n1. The lowest BCUT2D eigenvalue weighted by Crippen LogP contribution is -2.54. The summed E-state index contributed by atoms with van der Waals surface area (Å²) in [5.74, 6) is 2.74. The molecule has 0 unspecified atom stereocenters. The molecule has 0 atom stereocenters. The van der Waals surface area contributed by atoms with Gasteiger partial charge in [0, 0.05) is 55.4 Å². The van der Waals surface area contributed by atoms with Gasteiger partial charge in [0.2, 0.25) is 5.95 Å². The van der Waals surface area contributed by atoms with Crippen molar-refractivity contribution in [2.75, 3.05) is 30.4 Å². The highest BCUT2D eigenvalue weighted by atomic mass is 16.5. The molecule has 0 radical (unpaired) electrons. The Kier molecular flexibility index (Phi) is 4.86. The molecule has 9 nitrogen and oxygen atoms in total. The van der Waals surface area contributed by atoms with Crippen LogP contribution in [0.5, 0.6) is 5.75 Å². The maximum Gasteiger partial charge on any atom is 0.227 e. The molecule has 33 heavy (non-hydrogen) atoms. The first-order valence-corrected chi connectivity index (χ1v) is 10.6. The second kappa shape index (κ2) is 7.74. The highest BCUT2D eigenvalue weighted by Gasteiger charge is 2.40. The molecule has 5 rings (SSSR count). The van der Waals surface area contributed by atoms with E-state index in [0.29, 0.717) is 24.8 Å². The Morgan fingerprint density at radius 1 is 1.18 bits per heavy atom. The number of methoxy groups -OCH3 is 1. The van der Waals surface area contributed by atoms with Gasteiger partial charge in [0.15, 0.2) is 5.82 Å². The van der Waals surface area contributed by atoms with E-state index in [4.69, 9.17) is 14.7 Å². The summed E-state index contributed by atoms with van der Waals surface area (Å²) in [7, 11) is 3.58. The number of nitrogens with one attached hydrogen (secondary N) is 1. The Labute approximate surface area is 191 Å². The summed E-state index contributed by atoms with van der Waals surface area (Å²) in [6, 6.07) is 10.2. The van der Waals surface area contributed by atoms with Gasteiger partial charge >= 0.3 is 0 Å². The molecule has 1 aromatic carbocycles. The number of aryl methyl sites for hydroxylation is 2. The van der Waals surface area contributed by atoms with E-state index in [0.717, 1.165) is 39.5 Å². The van der Waals surface area contributed by atoms with Crippen LogP contribution < -0.4 is 15.0 Å². The quantitative estimate of drug-likeness (QED) is 0.499. The summed E-state index contributed by atoms with van der Waals surface area (Å²) in [5.41, 5.74) is 2.98. The zero-order valence-corrected chi connectivity index (χ0v) is 19.0. The number of imidazole rings is 1. The lowest BCUT2D eigenvalue weighted by Gasteiger charge is -2.44. The molecule has 1 fully saturated rings. The first-order chi connectivity index (χ1) is 15.9. The van der Waals surface area contributed by atoms with E-state index in [9.17, 15) is 5.26 Å². The van der Waals surface area contributed by atoms with Crippen LogP contribution in [0.2, 0.25) is 0 Å². The van der Waals surface area contributed by atoms with Gasteiger partial charge in [0.1, 0.15) is 17.1 Å². The summed E-state index contributed by atoms with van der Waals surface area (Å²) in [6.07, 6.45) is 5.46. The molecular weight excluding hydrogens is 416 g/mol. The molecule has 0 spiro atoms. The number of nitriles is 1. The number of aromatic nitrogens is 5. The minimum atomic E-state index is -0.353. The van der Waals surface area contributed by atoms with Crippen LogP contribution in [0.3, 0.4) is 0 Å². The summed E-state index contributed by atoms with van der Waals surface area (Å²) < 4.78 is 7.57. The third-order valence-electron chi connectivity index (χ3n) is 5.85. The van der Waals surface area contributed by atoms with Crippen molar-refractivity contribution in [1.29, 1.82) is 5.26 Å². The standard InChI is InChI=1S/C24H24N8O/c1-15-9-17-11-27-23(30-20(17)22(28-15)32-13-24(2,12-25)14-32)29-18-6-5-16(10-19(18)33-4)21-26-7-8-31(21)3/h5-11H,13-14H2,1-4H3,(H,27,29,30). The van der Waals surface area contributed by atoms with Crippen molar-refractivity contribution in [2.24, 2.45) is 12.5 Å². The fraction of sp³-hybridized carbons (Fsp3) is 0.292. The van der Waals surface area contributed by atoms with E-state index in [2.05, 4.69) is 26.3 Å². The maximum atomic E-state index is 9.38. The average molecular weight is 441 g/mol. The largest absolute Gasteiger partial charge is 0.495 e. The smallest absolute Gasteiger partial charge is 0.227 e. The van der Waals surface area contributed by atoms with Crippen LogP contribution in [0.15, 0.2) is 42.9 Å². The first-order valence-electron chi connectivity index (χ1n) is 10.6. The molecule has 166 valence electrons. The lowest BCUT2D eigenvalue weighted by atomic mass is 9.83. The van der Waals surface area contributed by atoms with Crippen molar-refractivity contribution in [1.82, 2.24) is 24.5 Å². The number of hydrogen-bond donors (Lipinski definition) is 1. The van der Waals surface area contributed by atoms with Gasteiger partial charge in [-0.05, 0) is 38.1 Å². The third kappa shape index (κ3) is 3.69. The normalized spacial score (nSPS) is 14.6. The molecule has 1 aliphatic heterocycles. The van der Waals surface area contributed by atoms with Gasteiger partial charge in [-0.1, -0.05) is 0 Å². The molecule has 4 heterocycles. The Bertz CT molecular complexity index is 1400. The fourth-order valence-corrected chi connectivity index (χ4v) is 4.15. The average Bonchev–Trinajstić information content (AvgIpc) is 3.22. The molecule has 0 aliphatic carbocycles. The number of hydrogen-bond acceptors (Lipinski definition) is 8. The summed E-state index contributed by atoms with van der Waals surface area (Å²) >= 11 is 0. The molecule has 1 saturated heterocycles. The fourth-order valence-electron chi connectivity index (χ4n) is 4.15. The number of nitrogens with zero attached hydrogens (tertiary/aromatic N) is 7. The van der Waals surface area contributed by atoms with Crippen LogP contribution in [-0.2, 0) is 7.05 Å². The van der Waals surface area contributed by atoms with Crippen molar-refractivity contribution >= 4 is 28.4 Å². The van der Waals surface area contributed by atoms with Crippen molar-refractivity contribution < 1.29 is 4.74 Å².